The molecule has 2 aromatic rings. The maximum atomic E-state index is 12.7. The van der Waals surface area contributed by atoms with Crippen LogP contribution < -0.4 is 14.8 Å². The Hall–Kier alpha value is -2.55. The molecule has 192 valence electrons. The maximum absolute atomic E-state index is 12.7. The van der Waals surface area contributed by atoms with Crippen LogP contribution in [0.2, 0.25) is 0 Å². The van der Waals surface area contributed by atoms with Gasteiger partial charge in [0.25, 0.3) is 5.91 Å². The molecular weight excluding hydrogens is 498 g/mol. The molecule has 2 aromatic carbocycles. The lowest BCUT2D eigenvalue weighted by Crippen LogP contribution is -2.40. The largest absolute Gasteiger partial charge is 0.484 e. The van der Waals surface area contributed by atoms with Gasteiger partial charge in [0, 0.05) is 33.3 Å². The summed E-state index contributed by atoms with van der Waals surface area (Å²) < 4.78 is 68.9. The molecular formula is C22H29N3O8S2. The number of nitrogens with one attached hydrogen (secondary N) is 2. The van der Waals surface area contributed by atoms with Crippen molar-refractivity contribution in [2.75, 3.05) is 53.2 Å². The van der Waals surface area contributed by atoms with Gasteiger partial charge in [-0.2, -0.15) is 4.31 Å². The Bertz CT molecular complexity index is 1180. The topological polar surface area (TPSA) is 140 Å². The van der Waals surface area contributed by atoms with Crippen molar-refractivity contribution in [3.8, 4) is 5.75 Å². The normalized spacial score (nSPS) is 15.0. The summed E-state index contributed by atoms with van der Waals surface area (Å²) in [7, 11) is -5.74. The van der Waals surface area contributed by atoms with Gasteiger partial charge in [-0.1, -0.05) is 12.1 Å². The van der Waals surface area contributed by atoms with Crippen LogP contribution in [0.4, 0.5) is 0 Å². The fraction of sp³-hybridized carbons (Fsp3) is 0.409. The zero-order chi connectivity index (χ0) is 25.3. The Morgan fingerprint density at radius 2 is 1.60 bits per heavy atom. The number of ether oxygens (including phenoxy) is 3. The van der Waals surface area contributed by atoms with Crippen molar-refractivity contribution in [3.63, 3.8) is 0 Å². The summed E-state index contributed by atoms with van der Waals surface area (Å²) >= 11 is 0. The Morgan fingerprint density at radius 3 is 2.23 bits per heavy atom. The number of benzene rings is 2. The molecule has 1 aliphatic rings. The number of amides is 1. The third-order valence-corrected chi connectivity index (χ3v) is 8.51. The minimum Gasteiger partial charge on any atom is -0.484 e. The predicted molar refractivity (Wildman–Crippen MR) is 127 cm³/mol. The van der Waals surface area contributed by atoms with E-state index in [9.17, 15) is 21.6 Å². The van der Waals surface area contributed by atoms with Crippen LogP contribution >= 0.6 is 0 Å². The van der Waals surface area contributed by atoms with E-state index < -0.39 is 20.0 Å². The van der Waals surface area contributed by atoms with Crippen molar-refractivity contribution in [2.45, 2.75) is 16.3 Å². The Balaban J connectivity index is 1.46. The second-order valence-corrected chi connectivity index (χ2v) is 11.3. The Morgan fingerprint density at radius 1 is 0.971 bits per heavy atom. The monoisotopic (exact) mass is 527 g/mol. The minimum absolute atomic E-state index is 0.0736. The predicted octanol–water partition coefficient (Wildman–Crippen LogP) is 0.327. The third-order valence-electron chi connectivity index (χ3n) is 5.12. The van der Waals surface area contributed by atoms with Gasteiger partial charge in [0.15, 0.2) is 6.61 Å². The number of carbonyl (C=O) groups is 1. The highest BCUT2D eigenvalue weighted by molar-refractivity contribution is 7.89. The average molecular weight is 528 g/mol. The SMILES string of the molecule is COCCNS(=O)(=O)c1ccc(OCC(=O)NCc2ccc(S(=O)(=O)N3CCOCC3)cc2)cc1. The number of hydrogen-bond donors (Lipinski definition) is 2. The lowest BCUT2D eigenvalue weighted by molar-refractivity contribution is -0.123. The summed E-state index contributed by atoms with van der Waals surface area (Å²) in [5, 5.41) is 2.70. The molecule has 0 atom stereocenters. The van der Waals surface area contributed by atoms with Crippen molar-refractivity contribution in [3.05, 3.63) is 54.1 Å². The molecule has 0 aromatic heterocycles. The van der Waals surface area contributed by atoms with E-state index in [1.165, 1.54) is 47.8 Å². The van der Waals surface area contributed by atoms with Crippen LogP contribution in [0.25, 0.3) is 0 Å². The molecule has 0 radical (unpaired) electrons. The molecule has 35 heavy (non-hydrogen) atoms. The van der Waals surface area contributed by atoms with E-state index in [4.69, 9.17) is 14.2 Å². The third kappa shape index (κ3) is 7.72. The van der Waals surface area contributed by atoms with Crippen LogP contribution in [0.5, 0.6) is 5.75 Å². The summed E-state index contributed by atoms with van der Waals surface area (Å²) in [5.74, 6) is -0.0402. The highest BCUT2D eigenvalue weighted by atomic mass is 32.2. The summed E-state index contributed by atoms with van der Waals surface area (Å²) in [6, 6.07) is 12.0. The summed E-state index contributed by atoms with van der Waals surface area (Å²) in [6.07, 6.45) is 0. The van der Waals surface area contributed by atoms with E-state index >= 15 is 0 Å². The minimum atomic E-state index is -3.65. The van der Waals surface area contributed by atoms with Crippen molar-refractivity contribution in [1.29, 1.82) is 0 Å². The van der Waals surface area contributed by atoms with E-state index in [1.807, 2.05) is 0 Å². The number of sulfonamides is 2. The molecule has 3 rings (SSSR count). The van der Waals surface area contributed by atoms with Crippen LogP contribution in [0.1, 0.15) is 5.56 Å². The summed E-state index contributed by atoms with van der Waals surface area (Å²) in [5.41, 5.74) is 0.731. The first-order chi connectivity index (χ1) is 16.7. The summed E-state index contributed by atoms with van der Waals surface area (Å²) in [6.45, 7) is 1.75. The van der Waals surface area contributed by atoms with Gasteiger partial charge in [-0.15, -0.1) is 0 Å². The second-order valence-electron chi connectivity index (χ2n) is 7.59. The van der Waals surface area contributed by atoms with Gasteiger partial charge in [0.2, 0.25) is 20.0 Å². The molecule has 11 nitrogen and oxygen atoms in total. The second kappa shape index (κ2) is 12.4. The molecule has 1 heterocycles. The molecule has 1 fully saturated rings. The number of nitrogens with zero attached hydrogens (tertiary/aromatic N) is 1. The van der Waals surface area contributed by atoms with Gasteiger partial charge in [-0.05, 0) is 42.0 Å². The van der Waals surface area contributed by atoms with Crippen LogP contribution in [0.15, 0.2) is 58.3 Å². The van der Waals surface area contributed by atoms with Gasteiger partial charge < -0.3 is 19.5 Å². The zero-order valence-corrected chi connectivity index (χ0v) is 20.9. The first-order valence-corrected chi connectivity index (χ1v) is 13.8. The number of rotatable bonds is 12. The van der Waals surface area contributed by atoms with Gasteiger partial charge >= 0.3 is 0 Å². The van der Waals surface area contributed by atoms with Crippen LogP contribution in [0.3, 0.4) is 0 Å². The van der Waals surface area contributed by atoms with Gasteiger partial charge in [-0.25, -0.2) is 21.6 Å². The van der Waals surface area contributed by atoms with Crippen molar-refractivity contribution in [1.82, 2.24) is 14.3 Å². The number of morpholine rings is 1. The fourth-order valence-electron chi connectivity index (χ4n) is 3.19. The molecule has 1 aliphatic heterocycles. The summed E-state index contributed by atoms with van der Waals surface area (Å²) in [4.78, 5) is 12.4. The van der Waals surface area contributed by atoms with Gasteiger partial charge in [-0.3, -0.25) is 4.79 Å². The highest BCUT2D eigenvalue weighted by Gasteiger charge is 2.26. The molecule has 0 saturated carbocycles. The van der Waals surface area contributed by atoms with E-state index in [-0.39, 0.29) is 42.0 Å². The molecule has 0 unspecified atom stereocenters. The van der Waals surface area contributed by atoms with Crippen molar-refractivity contribution in [2.24, 2.45) is 0 Å². The number of carbonyl (C=O) groups excluding carboxylic acids is 1. The molecule has 1 amide bonds. The standard InChI is InChI=1S/C22H29N3O8S2/c1-31-13-10-24-34(27,28)20-8-4-19(5-9-20)33-17-22(26)23-16-18-2-6-21(7-3-18)35(29,30)25-11-14-32-15-12-25/h2-9,24H,10-17H2,1H3,(H,23,26). The maximum Gasteiger partial charge on any atom is 0.258 e. The lowest BCUT2D eigenvalue weighted by Gasteiger charge is -2.26. The zero-order valence-electron chi connectivity index (χ0n) is 19.3. The molecule has 0 spiro atoms. The van der Waals surface area contributed by atoms with E-state index in [0.29, 0.717) is 32.1 Å². The molecule has 2 N–H and O–H groups in total. The Labute approximate surface area is 205 Å². The van der Waals surface area contributed by atoms with Gasteiger partial charge in [0.05, 0.1) is 29.6 Å². The lowest BCUT2D eigenvalue weighted by atomic mass is 10.2. The van der Waals surface area contributed by atoms with Crippen LogP contribution in [-0.2, 0) is 40.9 Å². The quantitative estimate of drug-likeness (QED) is 0.376. The van der Waals surface area contributed by atoms with E-state index in [2.05, 4.69) is 10.0 Å². The molecule has 1 saturated heterocycles. The van der Waals surface area contributed by atoms with Crippen LogP contribution in [0, 0.1) is 0 Å². The molecule has 0 bridgehead atoms. The van der Waals surface area contributed by atoms with E-state index in [0.717, 1.165) is 5.56 Å². The Kier molecular flexibility index (Phi) is 9.60. The number of hydrogen-bond acceptors (Lipinski definition) is 8. The fourth-order valence-corrected chi connectivity index (χ4v) is 5.61. The van der Waals surface area contributed by atoms with Gasteiger partial charge in [0.1, 0.15) is 5.75 Å². The number of methoxy groups -OCH3 is 1. The van der Waals surface area contributed by atoms with Crippen molar-refractivity contribution < 1.29 is 35.8 Å². The first-order valence-electron chi connectivity index (χ1n) is 10.9. The van der Waals surface area contributed by atoms with Crippen molar-refractivity contribution >= 4 is 26.0 Å². The van der Waals surface area contributed by atoms with Crippen LogP contribution in [-0.4, -0.2) is 80.2 Å². The molecule has 0 aliphatic carbocycles. The highest BCUT2D eigenvalue weighted by Crippen LogP contribution is 2.18. The first kappa shape index (κ1) is 27.0. The van der Waals surface area contributed by atoms with E-state index in [1.54, 1.807) is 12.1 Å². The smallest absolute Gasteiger partial charge is 0.258 e. The average Bonchev–Trinajstić information content (AvgIpc) is 2.87. The molecule has 13 heteroatoms.